The summed E-state index contributed by atoms with van der Waals surface area (Å²) in [5.74, 6) is 0. The van der Waals surface area contributed by atoms with Crippen molar-refractivity contribution in [1.29, 1.82) is 0 Å². The molecular formula is C13H17N3. The average molecular weight is 215 g/mol. The zero-order chi connectivity index (χ0) is 11.5. The van der Waals surface area contributed by atoms with Crippen LogP contribution >= 0.6 is 0 Å². The fourth-order valence-electron chi connectivity index (χ4n) is 1.87. The van der Waals surface area contributed by atoms with E-state index in [9.17, 15) is 0 Å². The van der Waals surface area contributed by atoms with Crippen LogP contribution in [0.3, 0.4) is 0 Å². The molecule has 0 aliphatic heterocycles. The zero-order valence-electron chi connectivity index (χ0n) is 9.77. The monoisotopic (exact) mass is 215 g/mol. The standard InChI is InChI=1S/C13H17N3/c1-3-8-16-13(6-7-15-16)11-5-4-10(2)9-12(11)14/h4-7,9H,3,8,14H2,1-2H3. The maximum absolute atomic E-state index is 6.04. The van der Waals surface area contributed by atoms with E-state index < -0.39 is 0 Å². The number of nitrogen functional groups attached to an aromatic ring is 1. The quantitative estimate of drug-likeness (QED) is 0.800. The lowest BCUT2D eigenvalue weighted by molar-refractivity contribution is 0.609. The average Bonchev–Trinajstić information content (AvgIpc) is 2.67. The third-order valence-electron chi connectivity index (χ3n) is 2.63. The Hall–Kier alpha value is -1.77. The molecular weight excluding hydrogens is 198 g/mol. The van der Waals surface area contributed by atoms with Crippen molar-refractivity contribution in [2.24, 2.45) is 0 Å². The highest BCUT2D eigenvalue weighted by Gasteiger charge is 2.07. The van der Waals surface area contributed by atoms with Crippen LogP contribution in [-0.2, 0) is 6.54 Å². The summed E-state index contributed by atoms with van der Waals surface area (Å²) in [7, 11) is 0. The van der Waals surface area contributed by atoms with Crippen LogP contribution in [0.4, 0.5) is 5.69 Å². The molecule has 0 fully saturated rings. The van der Waals surface area contributed by atoms with Gasteiger partial charge in [0.1, 0.15) is 0 Å². The molecule has 2 aromatic rings. The number of anilines is 1. The molecule has 0 amide bonds. The van der Waals surface area contributed by atoms with Gasteiger partial charge >= 0.3 is 0 Å². The molecule has 1 aromatic heterocycles. The van der Waals surface area contributed by atoms with Crippen molar-refractivity contribution >= 4 is 5.69 Å². The van der Waals surface area contributed by atoms with Gasteiger partial charge in [-0.3, -0.25) is 4.68 Å². The summed E-state index contributed by atoms with van der Waals surface area (Å²) in [5, 5.41) is 4.31. The second kappa shape index (κ2) is 4.39. The molecule has 0 atom stereocenters. The topological polar surface area (TPSA) is 43.8 Å². The number of hydrogen-bond acceptors (Lipinski definition) is 2. The van der Waals surface area contributed by atoms with E-state index in [1.54, 1.807) is 0 Å². The van der Waals surface area contributed by atoms with Crippen molar-refractivity contribution in [1.82, 2.24) is 9.78 Å². The Labute approximate surface area is 95.9 Å². The molecule has 2 rings (SSSR count). The summed E-state index contributed by atoms with van der Waals surface area (Å²) in [4.78, 5) is 0. The Kier molecular flexibility index (Phi) is 2.95. The van der Waals surface area contributed by atoms with Gasteiger partial charge in [0.15, 0.2) is 0 Å². The number of hydrogen-bond donors (Lipinski definition) is 1. The highest BCUT2D eigenvalue weighted by molar-refractivity contribution is 5.74. The first-order chi connectivity index (χ1) is 7.72. The normalized spacial score (nSPS) is 10.6. The van der Waals surface area contributed by atoms with E-state index in [0.29, 0.717) is 0 Å². The Morgan fingerprint density at radius 1 is 1.31 bits per heavy atom. The van der Waals surface area contributed by atoms with Gasteiger partial charge in [0.05, 0.1) is 5.69 Å². The second-order valence-electron chi connectivity index (χ2n) is 4.03. The molecule has 0 spiro atoms. The number of aromatic nitrogens is 2. The molecule has 2 N–H and O–H groups in total. The molecule has 0 bridgehead atoms. The third kappa shape index (κ3) is 1.94. The fraction of sp³-hybridized carbons (Fsp3) is 0.308. The predicted octanol–water partition coefficient (Wildman–Crippen LogP) is 2.85. The minimum Gasteiger partial charge on any atom is -0.398 e. The van der Waals surface area contributed by atoms with E-state index in [1.165, 1.54) is 5.56 Å². The van der Waals surface area contributed by atoms with E-state index in [-0.39, 0.29) is 0 Å². The number of rotatable bonds is 3. The number of benzene rings is 1. The Bertz CT molecular complexity index is 486. The first-order valence-electron chi connectivity index (χ1n) is 5.60. The summed E-state index contributed by atoms with van der Waals surface area (Å²) >= 11 is 0. The summed E-state index contributed by atoms with van der Waals surface area (Å²) in [5.41, 5.74) is 10.2. The van der Waals surface area contributed by atoms with Crippen LogP contribution in [0.2, 0.25) is 0 Å². The van der Waals surface area contributed by atoms with Gasteiger partial charge in [-0.15, -0.1) is 0 Å². The highest BCUT2D eigenvalue weighted by atomic mass is 15.3. The van der Waals surface area contributed by atoms with Gasteiger partial charge in [-0.25, -0.2) is 0 Å². The van der Waals surface area contributed by atoms with Gasteiger partial charge in [-0.1, -0.05) is 19.1 Å². The number of nitrogens with two attached hydrogens (primary N) is 1. The Morgan fingerprint density at radius 3 is 2.81 bits per heavy atom. The van der Waals surface area contributed by atoms with Gasteiger partial charge < -0.3 is 5.73 Å². The molecule has 3 heteroatoms. The Balaban J connectivity index is 2.46. The largest absolute Gasteiger partial charge is 0.398 e. The molecule has 1 heterocycles. The lowest BCUT2D eigenvalue weighted by Crippen LogP contribution is -2.02. The van der Waals surface area contributed by atoms with Crippen LogP contribution in [0, 0.1) is 6.92 Å². The zero-order valence-corrected chi connectivity index (χ0v) is 9.77. The lowest BCUT2D eigenvalue weighted by Gasteiger charge is -2.09. The molecule has 1 aromatic carbocycles. The molecule has 0 saturated heterocycles. The molecule has 0 aliphatic carbocycles. The summed E-state index contributed by atoms with van der Waals surface area (Å²) in [6, 6.07) is 8.15. The summed E-state index contributed by atoms with van der Waals surface area (Å²) in [6.07, 6.45) is 2.89. The molecule has 0 radical (unpaired) electrons. The maximum Gasteiger partial charge on any atom is 0.0702 e. The predicted molar refractivity (Wildman–Crippen MR) is 67.1 cm³/mol. The molecule has 0 aliphatic rings. The van der Waals surface area contributed by atoms with Crippen molar-refractivity contribution in [2.75, 3.05) is 5.73 Å². The number of nitrogens with zero attached hydrogens (tertiary/aromatic N) is 2. The van der Waals surface area contributed by atoms with Crippen molar-refractivity contribution in [3.8, 4) is 11.3 Å². The van der Waals surface area contributed by atoms with Crippen LogP contribution in [-0.4, -0.2) is 9.78 Å². The van der Waals surface area contributed by atoms with E-state index in [4.69, 9.17) is 5.73 Å². The van der Waals surface area contributed by atoms with Crippen molar-refractivity contribution < 1.29 is 0 Å². The fourth-order valence-corrected chi connectivity index (χ4v) is 1.87. The minimum absolute atomic E-state index is 0.817. The summed E-state index contributed by atoms with van der Waals surface area (Å²) < 4.78 is 2.00. The van der Waals surface area contributed by atoms with E-state index in [2.05, 4.69) is 24.2 Å². The number of aryl methyl sites for hydroxylation is 2. The van der Waals surface area contributed by atoms with Gasteiger partial charge in [0.2, 0.25) is 0 Å². The van der Waals surface area contributed by atoms with Crippen LogP contribution in [0.5, 0.6) is 0 Å². The van der Waals surface area contributed by atoms with Crippen LogP contribution < -0.4 is 5.73 Å². The van der Waals surface area contributed by atoms with E-state index in [0.717, 1.165) is 29.9 Å². The lowest BCUT2D eigenvalue weighted by atomic mass is 10.1. The van der Waals surface area contributed by atoms with Gasteiger partial charge in [0, 0.05) is 24.0 Å². The van der Waals surface area contributed by atoms with Crippen LogP contribution in [0.15, 0.2) is 30.5 Å². The molecule has 3 nitrogen and oxygen atoms in total. The van der Waals surface area contributed by atoms with Gasteiger partial charge in [0.25, 0.3) is 0 Å². The third-order valence-corrected chi connectivity index (χ3v) is 2.63. The van der Waals surface area contributed by atoms with Gasteiger partial charge in [-0.05, 0) is 31.0 Å². The van der Waals surface area contributed by atoms with Crippen LogP contribution in [0.1, 0.15) is 18.9 Å². The molecule has 16 heavy (non-hydrogen) atoms. The van der Waals surface area contributed by atoms with Crippen molar-refractivity contribution in [3.63, 3.8) is 0 Å². The first-order valence-corrected chi connectivity index (χ1v) is 5.60. The molecule has 84 valence electrons. The second-order valence-corrected chi connectivity index (χ2v) is 4.03. The summed E-state index contributed by atoms with van der Waals surface area (Å²) in [6.45, 7) is 5.11. The van der Waals surface area contributed by atoms with Crippen molar-refractivity contribution in [2.45, 2.75) is 26.8 Å². The van der Waals surface area contributed by atoms with Gasteiger partial charge in [-0.2, -0.15) is 5.10 Å². The minimum atomic E-state index is 0.817. The first kappa shape index (κ1) is 10.7. The smallest absolute Gasteiger partial charge is 0.0702 e. The Morgan fingerprint density at radius 2 is 2.12 bits per heavy atom. The van der Waals surface area contributed by atoms with Crippen LogP contribution in [0.25, 0.3) is 11.3 Å². The SMILES string of the molecule is CCCn1nccc1-c1ccc(C)cc1N. The highest BCUT2D eigenvalue weighted by Crippen LogP contribution is 2.26. The molecule has 0 saturated carbocycles. The van der Waals surface area contributed by atoms with Crippen molar-refractivity contribution in [3.05, 3.63) is 36.0 Å². The maximum atomic E-state index is 6.04. The molecule has 0 unspecified atom stereocenters. The van der Waals surface area contributed by atoms with E-state index in [1.807, 2.05) is 29.9 Å². The van der Waals surface area contributed by atoms with E-state index >= 15 is 0 Å².